The second kappa shape index (κ2) is 5.86. The molecule has 0 fully saturated rings. The molecular formula is C17H10BrNO3S. The fraction of sp³-hybridized carbons (Fsp3) is 0.0588. The van der Waals surface area contributed by atoms with E-state index in [1.54, 1.807) is 6.07 Å². The molecular weight excluding hydrogens is 378 g/mol. The molecule has 114 valence electrons. The molecule has 0 unspecified atom stereocenters. The first-order valence-electron chi connectivity index (χ1n) is 6.90. The van der Waals surface area contributed by atoms with E-state index < -0.39 is 0 Å². The van der Waals surface area contributed by atoms with Crippen molar-refractivity contribution >= 4 is 49.8 Å². The summed E-state index contributed by atoms with van der Waals surface area (Å²) in [6.07, 6.45) is 0. The molecule has 0 saturated heterocycles. The van der Waals surface area contributed by atoms with Crippen LogP contribution in [0.2, 0.25) is 0 Å². The maximum absolute atomic E-state index is 12.1. The largest absolute Gasteiger partial charge is 0.431 e. The molecule has 2 aromatic heterocycles. The van der Waals surface area contributed by atoms with E-state index in [2.05, 4.69) is 20.9 Å². The summed E-state index contributed by atoms with van der Waals surface area (Å²) in [5.74, 6) is 0.442. The molecule has 0 aliphatic carbocycles. The zero-order chi connectivity index (χ0) is 15.8. The molecule has 0 bridgehead atoms. The lowest BCUT2D eigenvalue weighted by atomic mass is 10.2. The van der Waals surface area contributed by atoms with Gasteiger partial charge in [0.1, 0.15) is 11.1 Å². The van der Waals surface area contributed by atoms with Crippen LogP contribution in [0.5, 0.6) is 0 Å². The third-order valence-electron chi connectivity index (χ3n) is 3.39. The SMILES string of the molecule is O=c1oc2ccc(Br)cc2cc1CSc1nc2ccccc2o1. The minimum absolute atomic E-state index is 0.330. The first kappa shape index (κ1) is 14.5. The fourth-order valence-electron chi connectivity index (χ4n) is 2.29. The molecule has 0 aliphatic heterocycles. The third kappa shape index (κ3) is 2.92. The Hall–Kier alpha value is -2.05. The maximum atomic E-state index is 12.1. The van der Waals surface area contributed by atoms with Gasteiger partial charge >= 0.3 is 5.63 Å². The van der Waals surface area contributed by atoms with Crippen LogP contribution in [-0.4, -0.2) is 4.98 Å². The van der Waals surface area contributed by atoms with Gasteiger partial charge in [0, 0.05) is 21.2 Å². The summed E-state index contributed by atoms with van der Waals surface area (Å²) < 4.78 is 11.9. The van der Waals surface area contributed by atoms with Gasteiger partial charge in [0.15, 0.2) is 5.58 Å². The molecule has 4 aromatic rings. The monoisotopic (exact) mass is 387 g/mol. The molecule has 0 aliphatic rings. The van der Waals surface area contributed by atoms with Crippen molar-refractivity contribution in [1.82, 2.24) is 4.98 Å². The van der Waals surface area contributed by atoms with E-state index in [0.29, 0.717) is 22.1 Å². The Balaban J connectivity index is 1.64. The number of fused-ring (bicyclic) bond motifs is 2. The van der Waals surface area contributed by atoms with E-state index in [4.69, 9.17) is 8.83 Å². The van der Waals surface area contributed by atoms with E-state index in [-0.39, 0.29) is 5.63 Å². The summed E-state index contributed by atoms with van der Waals surface area (Å²) in [7, 11) is 0. The second-order valence-electron chi connectivity index (χ2n) is 4.98. The molecule has 2 aromatic carbocycles. The molecule has 4 rings (SSSR count). The number of para-hydroxylation sites is 2. The Kier molecular flexibility index (Phi) is 3.71. The zero-order valence-electron chi connectivity index (χ0n) is 11.8. The second-order valence-corrected chi connectivity index (χ2v) is 6.82. The lowest BCUT2D eigenvalue weighted by molar-refractivity contribution is 0.489. The number of benzene rings is 2. The molecule has 0 N–H and O–H groups in total. The van der Waals surface area contributed by atoms with Gasteiger partial charge in [-0.05, 0) is 36.4 Å². The highest BCUT2D eigenvalue weighted by atomic mass is 79.9. The minimum atomic E-state index is -0.330. The number of halogens is 1. The first-order chi connectivity index (χ1) is 11.2. The number of aromatic nitrogens is 1. The van der Waals surface area contributed by atoms with Crippen molar-refractivity contribution < 1.29 is 8.83 Å². The predicted molar refractivity (Wildman–Crippen MR) is 93.8 cm³/mol. The van der Waals surface area contributed by atoms with E-state index in [0.717, 1.165) is 21.0 Å². The van der Waals surface area contributed by atoms with Crippen LogP contribution < -0.4 is 5.63 Å². The van der Waals surface area contributed by atoms with Crippen molar-refractivity contribution in [1.29, 1.82) is 0 Å². The highest BCUT2D eigenvalue weighted by Crippen LogP contribution is 2.26. The smallest absolute Gasteiger partial charge is 0.340 e. The van der Waals surface area contributed by atoms with E-state index >= 15 is 0 Å². The van der Waals surface area contributed by atoms with Crippen LogP contribution in [0.25, 0.3) is 22.1 Å². The van der Waals surface area contributed by atoms with Crippen molar-refractivity contribution in [3.8, 4) is 0 Å². The Labute approximate surface area is 143 Å². The number of rotatable bonds is 3. The number of nitrogens with zero attached hydrogens (tertiary/aromatic N) is 1. The van der Waals surface area contributed by atoms with Gasteiger partial charge in [-0.1, -0.05) is 39.8 Å². The van der Waals surface area contributed by atoms with Gasteiger partial charge in [-0.15, -0.1) is 0 Å². The molecule has 6 heteroatoms. The van der Waals surface area contributed by atoms with Gasteiger partial charge in [-0.3, -0.25) is 0 Å². The third-order valence-corrected chi connectivity index (χ3v) is 4.76. The fourth-order valence-corrected chi connectivity index (χ4v) is 3.46. The molecule has 0 radical (unpaired) electrons. The van der Waals surface area contributed by atoms with Crippen LogP contribution >= 0.6 is 27.7 Å². The minimum Gasteiger partial charge on any atom is -0.431 e. The normalized spacial score (nSPS) is 11.3. The van der Waals surface area contributed by atoms with E-state index in [1.807, 2.05) is 42.5 Å². The highest BCUT2D eigenvalue weighted by molar-refractivity contribution is 9.10. The lowest BCUT2D eigenvalue weighted by Gasteiger charge is -2.01. The van der Waals surface area contributed by atoms with Gasteiger partial charge in [0.05, 0.1) is 0 Å². The number of thioether (sulfide) groups is 1. The summed E-state index contributed by atoms with van der Waals surface area (Å²) in [5, 5.41) is 1.42. The molecule has 0 saturated carbocycles. The van der Waals surface area contributed by atoms with Crippen LogP contribution in [-0.2, 0) is 5.75 Å². The molecule has 4 nitrogen and oxygen atoms in total. The lowest BCUT2D eigenvalue weighted by Crippen LogP contribution is -2.05. The van der Waals surface area contributed by atoms with E-state index in [9.17, 15) is 4.79 Å². The molecule has 23 heavy (non-hydrogen) atoms. The standard InChI is InChI=1S/C17H10BrNO3S/c18-12-5-6-14-10(8-12)7-11(16(20)21-14)9-23-17-19-13-3-1-2-4-15(13)22-17/h1-8H,9H2. The van der Waals surface area contributed by atoms with Crippen molar-refractivity contribution in [3.05, 3.63) is 69.0 Å². The summed E-state index contributed by atoms with van der Waals surface area (Å²) in [6, 6.07) is 15.0. The van der Waals surface area contributed by atoms with Gasteiger partial charge < -0.3 is 8.83 Å². The summed E-state index contributed by atoms with van der Waals surface area (Å²) in [4.78, 5) is 16.5. The highest BCUT2D eigenvalue weighted by Gasteiger charge is 2.10. The van der Waals surface area contributed by atoms with Gasteiger partial charge in [0.25, 0.3) is 5.22 Å². The van der Waals surface area contributed by atoms with Crippen LogP contribution in [0.4, 0.5) is 0 Å². The zero-order valence-corrected chi connectivity index (χ0v) is 14.2. The van der Waals surface area contributed by atoms with Gasteiger partial charge in [-0.2, -0.15) is 0 Å². The average molecular weight is 388 g/mol. The Morgan fingerprint density at radius 3 is 2.78 bits per heavy atom. The van der Waals surface area contributed by atoms with Crippen molar-refractivity contribution in [2.75, 3.05) is 0 Å². The Morgan fingerprint density at radius 2 is 1.91 bits per heavy atom. The number of oxazole rings is 1. The number of hydrogen-bond donors (Lipinski definition) is 0. The van der Waals surface area contributed by atoms with Gasteiger partial charge in [-0.25, -0.2) is 9.78 Å². The molecule has 0 spiro atoms. The van der Waals surface area contributed by atoms with Crippen LogP contribution in [0.3, 0.4) is 0 Å². The average Bonchev–Trinajstić information content (AvgIpc) is 2.96. The Morgan fingerprint density at radius 1 is 1.04 bits per heavy atom. The quantitative estimate of drug-likeness (QED) is 0.366. The Bertz CT molecular complexity index is 1040. The van der Waals surface area contributed by atoms with Crippen LogP contribution in [0, 0.1) is 0 Å². The van der Waals surface area contributed by atoms with Crippen molar-refractivity contribution in [3.63, 3.8) is 0 Å². The van der Waals surface area contributed by atoms with Crippen LogP contribution in [0.1, 0.15) is 5.56 Å². The topological polar surface area (TPSA) is 56.2 Å². The summed E-state index contributed by atoms with van der Waals surface area (Å²) in [5.41, 5.74) is 2.38. The summed E-state index contributed by atoms with van der Waals surface area (Å²) in [6.45, 7) is 0. The van der Waals surface area contributed by atoms with Crippen molar-refractivity contribution in [2.24, 2.45) is 0 Å². The predicted octanol–water partition coefficient (Wildman–Crippen LogP) is 4.99. The molecule has 0 amide bonds. The van der Waals surface area contributed by atoms with E-state index in [1.165, 1.54) is 11.8 Å². The first-order valence-corrected chi connectivity index (χ1v) is 8.67. The van der Waals surface area contributed by atoms with Gasteiger partial charge in [0.2, 0.25) is 0 Å². The number of hydrogen-bond acceptors (Lipinski definition) is 5. The molecule has 0 atom stereocenters. The van der Waals surface area contributed by atoms with Crippen LogP contribution in [0.15, 0.2) is 71.9 Å². The summed E-state index contributed by atoms with van der Waals surface area (Å²) >= 11 is 4.80. The maximum Gasteiger partial charge on any atom is 0.340 e. The van der Waals surface area contributed by atoms with Crippen molar-refractivity contribution in [2.45, 2.75) is 11.0 Å². The molecule has 2 heterocycles.